The molecule has 1 aliphatic rings. The number of primary amides is 1. The summed E-state index contributed by atoms with van der Waals surface area (Å²) in [5, 5.41) is 0. The third-order valence-electron chi connectivity index (χ3n) is 4.93. The van der Waals surface area contributed by atoms with E-state index in [2.05, 4.69) is 21.9 Å². The number of hydrogen-bond donors (Lipinski definition) is 1. The van der Waals surface area contributed by atoms with Crippen LogP contribution in [0.5, 0.6) is 0 Å². The van der Waals surface area contributed by atoms with E-state index in [1.807, 2.05) is 44.2 Å². The number of likely N-dealkylation sites (tertiary alicyclic amines) is 1. The molecule has 0 aromatic heterocycles. The summed E-state index contributed by atoms with van der Waals surface area (Å²) in [5.74, 6) is -0.165. The second kappa shape index (κ2) is 8.97. The van der Waals surface area contributed by atoms with Gasteiger partial charge in [-0.15, -0.1) is 0 Å². The molecule has 0 aliphatic carbocycles. The van der Waals surface area contributed by atoms with Crippen LogP contribution in [0.4, 0.5) is 0 Å². The third-order valence-corrected chi connectivity index (χ3v) is 4.93. The predicted octanol–water partition coefficient (Wildman–Crippen LogP) is 0.945. The Hall–Kier alpha value is -1.92. The number of piperidine rings is 1. The van der Waals surface area contributed by atoms with Gasteiger partial charge in [-0.1, -0.05) is 30.3 Å². The Labute approximate surface area is 150 Å². The Morgan fingerprint density at radius 3 is 2.28 bits per heavy atom. The smallest absolute Gasteiger partial charge is 0.237 e. The second-order valence-corrected chi connectivity index (χ2v) is 7.15. The lowest BCUT2D eigenvalue weighted by Crippen LogP contribution is -2.46. The minimum atomic E-state index is -0.224. The molecule has 6 heteroatoms. The van der Waals surface area contributed by atoms with E-state index in [-0.39, 0.29) is 23.8 Å². The zero-order chi connectivity index (χ0) is 18.4. The van der Waals surface area contributed by atoms with E-state index in [9.17, 15) is 9.59 Å². The first kappa shape index (κ1) is 19.4. The van der Waals surface area contributed by atoms with E-state index in [0.717, 1.165) is 38.0 Å². The van der Waals surface area contributed by atoms with Crippen molar-refractivity contribution in [1.82, 2.24) is 14.7 Å². The first-order valence-electron chi connectivity index (χ1n) is 8.85. The number of carbonyl (C=O) groups is 2. The number of carbonyl (C=O) groups excluding carboxylic acids is 2. The van der Waals surface area contributed by atoms with E-state index in [1.54, 1.807) is 0 Å². The zero-order valence-corrected chi connectivity index (χ0v) is 15.5. The summed E-state index contributed by atoms with van der Waals surface area (Å²) in [6, 6.07) is 10.1. The number of likely N-dealkylation sites (N-methyl/N-ethyl adjacent to an activating group) is 2. The van der Waals surface area contributed by atoms with Gasteiger partial charge < -0.3 is 15.5 Å². The molecule has 1 fully saturated rings. The van der Waals surface area contributed by atoms with Crippen molar-refractivity contribution in [3.8, 4) is 0 Å². The first-order chi connectivity index (χ1) is 11.9. The van der Waals surface area contributed by atoms with Crippen LogP contribution in [-0.2, 0) is 9.59 Å². The highest BCUT2D eigenvalue weighted by Crippen LogP contribution is 2.21. The molecule has 1 aromatic rings. The van der Waals surface area contributed by atoms with Crippen molar-refractivity contribution in [2.75, 3.05) is 47.3 Å². The molecule has 2 rings (SSSR count). The minimum Gasteiger partial charge on any atom is -0.369 e. The lowest BCUT2D eigenvalue weighted by atomic mass is 9.96. The maximum Gasteiger partial charge on any atom is 0.237 e. The van der Waals surface area contributed by atoms with Crippen LogP contribution in [0.2, 0.25) is 0 Å². The predicted molar refractivity (Wildman–Crippen MR) is 98.9 cm³/mol. The van der Waals surface area contributed by atoms with E-state index in [1.165, 1.54) is 0 Å². The van der Waals surface area contributed by atoms with Crippen LogP contribution >= 0.6 is 0 Å². The van der Waals surface area contributed by atoms with Crippen molar-refractivity contribution >= 4 is 11.8 Å². The molecule has 25 heavy (non-hydrogen) atoms. The van der Waals surface area contributed by atoms with Crippen LogP contribution in [0.1, 0.15) is 24.4 Å². The topological polar surface area (TPSA) is 69.9 Å². The molecule has 1 aromatic carbocycles. The van der Waals surface area contributed by atoms with Crippen LogP contribution in [0.25, 0.3) is 0 Å². The Morgan fingerprint density at radius 1 is 1.16 bits per heavy atom. The van der Waals surface area contributed by atoms with Gasteiger partial charge in [-0.05, 0) is 45.6 Å². The maximum absolute atomic E-state index is 12.8. The van der Waals surface area contributed by atoms with Crippen molar-refractivity contribution < 1.29 is 9.59 Å². The maximum atomic E-state index is 12.8. The molecule has 1 unspecified atom stereocenters. The first-order valence-corrected chi connectivity index (χ1v) is 8.85. The Morgan fingerprint density at radius 2 is 1.76 bits per heavy atom. The summed E-state index contributed by atoms with van der Waals surface area (Å²) in [6.45, 7) is 2.66. The Balaban J connectivity index is 1.98. The lowest BCUT2D eigenvalue weighted by molar-refractivity contribution is -0.134. The fraction of sp³-hybridized carbons (Fsp3) is 0.579. The van der Waals surface area contributed by atoms with Crippen LogP contribution < -0.4 is 5.73 Å². The molecule has 6 nitrogen and oxygen atoms in total. The molecule has 2 amide bonds. The summed E-state index contributed by atoms with van der Waals surface area (Å²) in [6.07, 6.45) is 1.48. The Bertz CT molecular complexity index is 568. The van der Waals surface area contributed by atoms with Gasteiger partial charge in [-0.25, -0.2) is 0 Å². The van der Waals surface area contributed by atoms with Crippen molar-refractivity contribution in [3.05, 3.63) is 35.9 Å². The summed E-state index contributed by atoms with van der Waals surface area (Å²) in [7, 11) is 5.91. The monoisotopic (exact) mass is 346 g/mol. The fourth-order valence-corrected chi connectivity index (χ4v) is 3.32. The van der Waals surface area contributed by atoms with E-state index in [4.69, 9.17) is 5.73 Å². The Kier molecular flexibility index (Phi) is 6.96. The van der Waals surface area contributed by atoms with Gasteiger partial charge >= 0.3 is 0 Å². The highest BCUT2D eigenvalue weighted by molar-refractivity contribution is 5.79. The fourth-order valence-electron chi connectivity index (χ4n) is 3.32. The van der Waals surface area contributed by atoms with Gasteiger partial charge in [0.2, 0.25) is 11.8 Å². The number of rotatable bonds is 7. The largest absolute Gasteiger partial charge is 0.369 e. The van der Waals surface area contributed by atoms with Gasteiger partial charge in [-0.2, -0.15) is 0 Å². The molecule has 2 N–H and O–H groups in total. The van der Waals surface area contributed by atoms with Gasteiger partial charge in [0.1, 0.15) is 0 Å². The molecule has 1 aliphatic heterocycles. The summed E-state index contributed by atoms with van der Waals surface area (Å²) in [5.41, 5.74) is 6.51. The summed E-state index contributed by atoms with van der Waals surface area (Å²) in [4.78, 5) is 30.1. The second-order valence-electron chi connectivity index (χ2n) is 7.15. The van der Waals surface area contributed by atoms with E-state index >= 15 is 0 Å². The molecule has 0 bridgehead atoms. The number of nitrogens with zero attached hydrogens (tertiary/aromatic N) is 3. The highest BCUT2D eigenvalue weighted by Gasteiger charge is 2.27. The van der Waals surface area contributed by atoms with Crippen molar-refractivity contribution in [3.63, 3.8) is 0 Å². The molecule has 1 atom stereocenters. The van der Waals surface area contributed by atoms with Gasteiger partial charge in [-0.3, -0.25) is 14.5 Å². The number of nitrogens with two attached hydrogens (primary N) is 1. The SMILES string of the molecule is CN(C)CC(c1ccccc1)N(C)C(=O)CN1CCC(C(N)=O)CC1. The molecule has 0 radical (unpaired) electrons. The molecule has 0 spiro atoms. The van der Waals surface area contributed by atoms with Crippen LogP contribution in [-0.4, -0.2) is 73.8 Å². The molecule has 0 saturated carbocycles. The van der Waals surface area contributed by atoms with Gasteiger partial charge in [0, 0.05) is 19.5 Å². The normalized spacial score (nSPS) is 17.4. The zero-order valence-electron chi connectivity index (χ0n) is 15.5. The quantitative estimate of drug-likeness (QED) is 0.798. The standard InChI is InChI=1S/C19H30N4O2/c1-21(2)13-17(15-7-5-4-6-8-15)22(3)18(24)14-23-11-9-16(10-12-23)19(20)25/h4-8,16-17H,9-14H2,1-3H3,(H2,20,25). The van der Waals surface area contributed by atoms with Crippen molar-refractivity contribution in [2.24, 2.45) is 11.7 Å². The van der Waals surface area contributed by atoms with Gasteiger partial charge in [0.05, 0.1) is 12.6 Å². The van der Waals surface area contributed by atoms with Crippen molar-refractivity contribution in [2.45, 2.75) is 18.9 Å². The van der Waals surface area contributed by atoms with Crippen LogP contribution in [0, 0.1) is 5.92 Å². The molecular weight excluding hydrogens is 316 g/mol. The number of amides is 2. The van der Waals surface area contributed by atoms with Gasteiger partial charge in [0.25, 0.3) is 0 Å². The van der Waals surface area contributed by atoms with E-state index < -0.39 is 0 Å². The highest BCUT2D eigenvalue weighted by atomic mass is 16.2. The molecule has 1 saturated heterocycles. The van der Waals surface area contributed by atoms with E-state index in [0.29, 0.717) is 6.54 Å². The molecular formula is C19H30N4O2. The lowest BCUT2D eigenvalue weighted by Gasteiger charge is -2.34. The van der Waals surface area contributed by atoms with Crippen LogP contribution in [0.3, 0.4) is 0 Å². The van der Waals surface area contributed by atoms with Gasteiger partial charge in [0.15, 0.2) is 0 Å². The van der Waals surface area contributed by atoms with Crippen LogP contribution in [0.15, 0.2) is 30.3 Å². The summed E-state index contributed by atoms with van der Waals surface area (Å²) < 4.78 is 0. The average Bonchev–Trinajstić information content (AvgIpc) is 2.60. The van der Waals surface area contributed by atoms with Crippen molar-refractivity contribution in [1.29, 1.82) is 0 Å². The minimum absolute atomic E-state index is 0.0202. The third kappa shape index (κ3) is 5.54. The average molecular weight is 346 g/mol. The molecule has 138 valence electrons. The summed E-state index contributed by atoms with van der Waals surface area (Å²) >= 11 is 0. The molecule has 1 heterocycles. The number of benzene rings is 1. The number of hydrogen-bond acceptors (Lipinski definition) is 4.